The molecule has 0 fully saturated rings. The highest BCUT2D eigenvalue weighted by molar-refractivity contribution is 6.11. The summed E-state index contributed by atoms with van der Waals surface area (Å²) in [6.07, 6.45) is 5.04. The SMILES string of the molecule is COc1cc(C=C2N=C(/C=C/c3ccccc3)OC2=O)ccc1O. The normalized spacial score (nSPS) is 15.6. The van der Waals surface area contributed by atoms with Crippen LogP contribution in [0.1, 0.15) is 11.1 Å². The number of benzene rings is 2. The Kier molecular flexibility index (Phi) is 4.43. The highest BCUT2D eigenvalue weighted by Gasteiger charge is 2.21. The average Bonchev–Trinajstić information content (AvgIpc) is 2.95. The molecule has 0 unspecified atom stereocenters. The molecule has 0 aliphatic carbocycles. The average molecular weight is 321 g/mol. The third-order valence-electron chi connectivity index (χ3n) is 3.36. The third-order valence-corrected chi connectivity index (χ3v) is 3.36. The van der Waals surface area contributed by atoms with Gasteiger partial charge < -0.3 is 14.6 Å². The molecule has 0 atom stereocenters. The molecule has 3 rings (SSSR count). The van der Waals surface area contributed by atoms with Crippen LogP contribution in [0.5, 0.6) is 11.5 Å². The molecule has 1 aliphatic heterocycles. The van der Waals surface area contributed by atoms with Crippen LogP contribution in [0.2, 0.25) is 0 Å². The summed E-state index contributed by atoms with van der Waals surface area (Å²) in [4.78, 5) is 16.1. The van der Waals surface area contributed by atoms with Crippen molar-refractivity contribution in [2.45, 2.75) is 0 Å². The molecule has 0 bridgehead atoms. The number of nitrogens with zero attached hydrogens (tertiary/aromatic N) is 1. The number of rotatable bonds is 4. The fraction of sp³-hybridized carbons (Fsp3) is 0.0526. The predicted molar refractivity (Wildman–Crippen MR) is 91.6 cm³/mol. The Morgan fingerprint density at radius 2 is 1.88 bits per heavy atom. The van der Waals surface area contributed by atoms with E-state index in [1.165, 1.54) is 13.2 Å². The van der Waals surface area contributed by atoms with E-state index in [-0.39, 0.29) is 17.3 Å². The van der Waals surface area contributed by atoms with Crippen LogP contribution in [-0.2, 0) is 9.53 Å². The smallest absolute Gasteiger partial charge is 0.363 e. The van der Waals surface area contributed by atoms with Gasteiger partial charge in [-0.15, -0.1) is 0 Å². The molecule has 0 saturated carbocycles. The number of cyclic esters (lactones) is 1. The lowest BCUT2D eigenvalue weighted by Gasteiger charge is -2.03. The lowest BCUT2D eigenvalue weighted by atomic mass is 10.1. The number of phenolic OH excluding ortho intramolecular Hbond substituents is 1. The summed E-state index contributed by atoms with van der Waals surface area (Å²) >= 11 is 0. The molecule has 5 heteroatoms. The quantitative estimate of drug-likeness (QED) is 0.692. The minimum atomic E-state index is -0.519. The zero-order valence-corrected chi connectivity index (χ0v) is 13.0. The van der Waals surface area contributed by atoms with Gasteiger partial charge in [-0.05, 0) is 35.4 Å². The molecule has 120 valence electrons. The Morgan fingerprint density at radius 3 is 2.62 bits per heavy atom. The molecule has 5 nitrogen and oxygen atoms in total. The number of hydrogen-bond donors (Lipinski definition) is 1. The third kappa shape index (κ3) is 3.52. The van der Waals surface area contributed by atoms with Gasteiger partial charge in [-0.3, -0.25) is 0 Å². The molecule has 0 aromatic heterocycles. The zero-order chi connectivity index (χ0) is 16.9. The number of phenols is 1. The number of hydrogen-bond acceptors (Lipinski definition) is 5. The van der Waals surface area contributed by atoms with Crippen LogP contribution < -0.4 is 4.74 Å². The van der Waals surface area contributed by atoms with Gasteiger partial charge in [0.25, 0.3) is 0 Å². The summed E-state index contributed by atoms with van der Waals surface area (Å²) in [5, 5.41) is 9.59. The van der Waals surface area contributed by atoms with E-state index in [2.05, 4.69) is 4.99 Å². The minimum absolute atomic E-state index is 0.0311. The van der Waals surface area contributed by atoms with Gasteiger partial charge in [-0.25, -0.2) is 9.79 Å². The van der Waals surface area contributed by atoms with Crippen LogP contribution >= 0.6 is 0 Å². The Labute approximate surface area is 139 Å². The van der Waals surface area contributed by atoms with Crippen LogP contribution in [0.15, 0.2) is 65.3 Å². The van der Waals surface area contributed by atoms with E-state index < -0.39 is 5.97 Å². The zero-order valence-electron chi connectivity index (χ0n) is 13.0. The first-order valence-electron chi connectivity index (χ1n) is 7.28. The highest BCUT2D eigenvalue weighted by Crippen LogP contribution is 2.28. The van der Waals surface area contributed by atoms with Crippen molar-refractivity contribution in [3.05, 3.63) is 71.4 Å². The van der Waals surface area contributed by atoms with Crippen molar-refractivity contribution in [2.75, 3.05) is 7.11 Å². The molecular weight excluding hydrogens is 306 g/mol. The van der Waals surface area contributed by atoms with Gasteiger partial charge in [0.1, 0.15) is 0 Å². The number of methoxy groups -OCH3 is 1. The second-order valence-electron chi connectivity index (χ2n) is 5.04. The standard InChI is InChI=1S/C19H15NO4/c1-23-17-12-14(7-9-16(17)21)11-15-19(22)24-18(20-15)10-8-13-5-3-2-4-6-13/h2-12,21H,1H3/b10-8+,15-11?. The van der Waals surface area contributed by atoms with E-state index in [9.17, 15) is 9.90 Å². The number of carbonyl (C=O) groups excluding carboxylic acids is 1. The largest absolute Gasteiger partial charge is 0.504 e. The Bertz CT molecular complexity index is 851. The fourth-order valence-electron chi connectivity index (χ4n) is 2.17. The van der Waals surface area contributed by atoms with Crippen molar-refractivity contribution in [2.24, 2.45) is 4.99 Å². The van der Waals surface area contributed by atoms with Crippen LogP contribution in [0.4, 0.5) is 0 Å². The topological polar surface area (TPSA) is 68.1 Å². The van der Waals surface area contributed by atoms with Gasteiger partial charge in [0.15, 0.2) is 17.2 Å². The summed E-state index contributed by atoms with van der Waals surface area (Å²) in [6.45, 7) is 0. The molecule has 1 heterocycles. The molecule has 2 aromatic rings. The van der Waals surface area contributed by atoms with E-state index in [1.54, 1.807) is 24.3 Å². The number of carbonyl (C=O) groups is 1. The lowest BCUT2D eigenvalue weighted by Crippen LogP contribution is -2.01. The van der Waals surface area contributed by atoms with Crippen molar-refractivity contribution in [1.29, 1.82) is 0 Å². The maximum Gasteiger partial charge on any atom is 0.363 e. The second kappa shape index (κ2) is 6.83. The summed E-state index contributed by atoms with van der Waals surface area (Å²) in [5.41, 5.74) is 1.85. The van der Waals surface area contributed by atoms with Gasteiger partial charge in [0.05, 0.1) is 7.11 Å². The molecule has 0 amide bonds. The van der Waals surface area contributed by atoms with Crippen LogP contribution in [-0.4, -0.2) is 24.1 Å². The predicted octanol–water partition coefficient (Wildman–Crippen LogP) is 3.41. The number of aliphatic imine (C=N–C) groups is 1. The highest BCUT2D eigenvalue weighted by atomic mass is 16.6. The Morgan fingerprint density at radius 1 is 1.08 bits per heavy atom. The van der Waals surface area contributed by atoms with Gasteiger partial charge in [0.2, 0.25) is 5.90 Å². The fourth-order valence-corrected chi connectivity index (χ4v) is 2.17. The van der Waals surface area contributed by atoms with Gasteiger partial charge >= 0.3 is 5.97 Å². The van der Waals surface area contributed by atoms with E-state index >= 15 is 0 Å². The molecule has 1 N–H and O–H groups in total. The van der Waals surface area contributed by atoms with Gasteiger partial charge in [-0.1, -0.05) is 36.4 Å². The van der Waals surface area contributed by atoms with E-state index in [4.69, 9.17) is 9.47 Å². The summed E-state index contributed by atoms with van der Waals surface area (Å²) < 4.78 is 10.2. The summed E-state index contributed by atoms with van der Waals surface area (Å²) in [5.74, 6) is 0.0723. The molecule has 24 heavy (non-hydrogen) atoms. The molecule has 0 radical (unpaired) electrons. The molecule has 2 aromatic carbocycles. The lowest BCUT2D eigenvalue weighted by molar-refractivity contribution is -0.129. The number of esters is 1. The maximum absolute atomic E-state index is 11.9. The van der Waals surface area contributed by atoms with Crippen molar-refractivity contribution >= 4 is 24.0 Å². The Hall–Kier alpha value is -3.34. The monoisotopic (exact) mass is 321 g/mol. The van der Waals surface area contributed by atoms with Crippen LogP contribution in [0.25, 0.3) is 12.2 Å². The van der Waals surface area contributed by atoms with Crippen molar-refractivity contribution in [3.8, 4) is 11.5 Å². The first-order chi connectivity index (χ1) is 11.7. The second-order valence-corrected chi connectivity index (χ2v) is 5.04. The number of aromatic hydroxyl groups is 1. The van der Waals surface area contributed by atoms with Crippen LogP contribution in [0.3, 0.4) is 0 Å². The molecule has 1 aliphatic rings. The Balaban J connectivity index is 1.82. The van der Waals surface area contributed by atoms with Crippen molar-refractivity contribution in [3.63, 3.8) is 0 Å². The van der Waals surface area contributed by atoms with Crippen molar-refractivity contribution < 1.29 is 19.4 Å². The van der Waals surface area contributed by atoms with Crippen molar-refractivity contribution in [1.82, 2.24) is 0 Å². The van der Waals surface area contributed by atoms with Gasteiger partial charge in [0, 0.05) is 6.08 Å². The molecular formula is C19H15NO4. The number of ether oxygens (including phenoxy) is 2. The summed E-state index contributed by atoms with van der Waals surface area (Å²) in [7, 11) is 1.46. The maximum atomic E-state index is 11.9. The first-order valence-corrected chi connectivity index (χ1v) is 7.28. The van der Waals surface area contributed by atoms with Crippen LogP contribution in [0, 0.1) is 0 Å². The van der Waals surface area contributed by atoms with E-state index in [0.29, 0.717) is 11.3 Å². The van der Waals surface area contributed by atoms with E-state index in [1.807, 2.05) is 36.4 Å². The molecule has 0 spiro atoms. The van der Waals surface area contributed by atoms with E-state index in [0.717, 1.165) is 5.56 Å². The summed E-state index contributed by atoms with van der Waals surface area (Å²) in [6, 6.07) is 14.4. The first kappa shape index (κ1) is 15.6. The van der Waals surface area contributed by atoms with Gasteiger partial charge in [-0.2, -0.15) is 0 Å². The molecule has 0 saturated heterocycles. The minimum Gasteiger partial charge on any atom is -0.504 e.